The van der Waals surface area contributed by atoms with Crippen molar-refractivity contribution in [3.8, 4) is 0 Å². The summed E-state index contributed by atoms with van der Waals surface area (Å²) in [5.41, 5.74) is 0. The summed E-state index contributed by atoms with van der Waals surface area (Å²) in [6.07, 6.45) is 28.6. The number of rotatable bonds is 40. The average molecular weight is 843 g/mol. The molecule has 8 atom stereocenters. The van der Waals surface area contributed by atoms with Crippen LogP contribution in [0.15, 0.2) is 0 Å². The van der Waals surface area contributed by atoms with E-state index < -0.39 is 61.4 Å². The van der Waals surface area contributed by atoms with Gasteiger partial charge in [0.25, 0.3) is 0 Å². The lowest BCUT2D eigenvalue weighted by molar-refractivity contribution is -0.272. The Balaban J connectivity index is 2.47. The molecule has 1 saturated heterocycles. The van der Waals surface area contributed by atoms with Crippen LogP contribution in [0.2, 0.25) is 0 Å². The van der Waals surface area contributed by atoms with Crippen LogP contribution in [0.1, 0.15) is 227 Å². The Labute approximate surface area is 361 Å². The smallest absolute Gasteiger partial charge is 0.220 e. The molecule has 0 aromatic rings. The van der Waals surface area contributed by atoms with Gasteiger partial charge < -0.3 is 45.6 Å². The highest BCUT2D eigenvalue weighted by Gasteiger charge is 2.46. The normalized spacial score (nSPS) is 21.1. The van der Waals surface area contributed by atoms with Gasteiger partial charge in [0.15, 0.2) is 6.29 Å². The van der Waals surface area contributed by atoms with Crippen LogP contribution in [0.25, 0.3) is 0 Å². The third-order valence-electron chi connectivity index (χ3n) is 12.1. The maximum absolute atomic E-state index is 13.1. The van der Waals surface area contributed by atoms with E-state index in [1.807, 2.05) is 0 Å². The van der Waals surface area contributed by atoms with Gasteiger partial charge in [0.1, 0.15) is 30.5 Å². The Bertz CT molecular complexity index is 988. The summed E-state index contributed by atoms with van der Waals surface area (Å²) in [6, 6.07) is -2.15. The number of nitrogens with one attached hydrogen (secondary N) is 2. The Morgan fingerprint density at radius 1 is 0.627 bits per heavy atom. The monoisotopic (exact) mass is 843 g/mol. The maximum Gasteiger partial charge on any atom is 0.220 e. The molecule has 1 aliphatic heterocycles. The van der Waals surface area contributed by atoms with Crippen molar-refractivity contribution in [3.05, 3.63) is 0 Å². The number of hydrogen-bond acceptors (Lipinski definition) is 9. The van der Waals surface area contributed by atoms with E-state index in [0.717, 1.165) is 50.9 Å². The summed E-state index contributed by atoms with van der Waals surface area (Å²) in [7, 11) is 0. The van der Waals surface area contributed by atoms with Crippen molar-refractivity contribution in [1.82, 2.24) is 10.6 Å². The second kappa shape index (κ2) is 37.2. The molecule has 0 bridgehead atoms. The molecule has 0 aromatic carbocycles. The van der Waals surface area contributed by atoms with E-state index in [9.17, 15) is 35.1 Å². The highest BCUT2D eigenvalue weighted by Crippen LogP contribution is 2.24. The molecule has 0 aromatic heterocycles. The van der Waals surface area contributed by atoms with E-state index in [1.165, 1.54) is 142 Å². The van der Waals surface area contributed by atoms with Gasteiger partial charge in [-0.05, 0) is 18.8 Å². The lowest BCUT2D eigenvalue weighted by atomic mass is 9.96. The maximum atomic E-state index is 13.1. The van der Waals surface area contributed by atoms with E-state index in [0.29, 0.717) is 12.8 Å². The van der Waals surface area contributed by atoms with Gasteiger partial charge in [0.2, 0.25) is 11.8 Å². The quantitative estimate of drug-likeness (QED) is 0.0297. The highest BCUT2D eigenvalue weighted by molar-refractivity contribution is 5.76. The van der Waals surface area contributed by atoms with Crippen molar-refractivity contribution in [2.24, 2.45) is 5.92 Å². The zero-order valence-corrected chi connectivity index (χ0v) is 38.4. The van der Waals surface area contributed by atoms with Crippen LogP contribution in [0, 0.1) is 5.92 Å². The minimum absolute atomic E-state index is 0.257. The lowest BCUT2D eigenvalue weighted by Crippen LogP contribution is -2.65. The molecular formula is C48H94N2O9. The summed E-state index contributed by atoms with van der Waals surface area (Å²) in [5, 5.41) is 58.5. The molecule has 2 amide bonds. The van der Waals surface area contributed by atoms with Gasteiger partial charge in [0, 0.05) is 13.3 Å². The lowest BCUT2D eigenvalue weighted by Gasteiger charge is -2.42. The van der Waals surface area contributed by atoms with Gasteiger partial charge in [-0.1, -0.05) is 201 Å². The molecule has 350 valence electrons. The molecule has 11 heteroatoms. The summed E-state index contributed by atoms with van der Waals surface area (Å²) >= 11 is 0. The van der Waals surface area contributed by atoms with Crippen LogP contribution in [-0.2, 0) is 19.1 Å². The van der Waals surface area contributed by atoms with Crippen molar-refractivity contribution in [2.75, 3.05) is 13.2 Å². The topological polar surface area (TPSA) is 178 Å². The van der Waals surface area contributed by atoms with Crippen molar-refractivity contribution < 1.29 is 44.6 Å². The molecule has 0 aliphatic carbocycles. The van der Waals surface area contributed by atoms with Gasteiger partial charge in [-0.3, -0.25) is 9.59 Å². The molecule has 0 saturated carbocycles. The first-order valence-electron chi connectivity index (χ1n) is 24.7. The second-order valence-corrected chi connectivity index (χ2v) is 18.3. The van der Waals surface area contributed by atoms with Crippen LogP contribution in [0.5, 0.6) is 0 Å². The van der Waals surface area contributed by atoms with Gasteiger partial charge >= 0.3 is 0 Å². The third kappa shape index (κ3) is 28.8. The van der Waals surface area contributed by atoms with Gasteiger partial charge in [-0.25, -0.2) is 0 Å². The minimum atomic E-state index is -1.49. The van der Waals surface area contributed by atoms with Crippen molar-refractivity contribution in [1.29, 1.82) is 0 Å². The first kappa shape index (κ1) is 55.7. The summed E-state index contributed by atoms with van der Waals surface area (Å²) in [5.74, 6) is 0.0308. The Morgan fingerprint density at radius 3 is 1.47 bits per heavy atom. The molecule has 0 radical (unpaired) electrons. The highest BCUT2D eigenvalue weighted by atomic mass is 16.7. The number of aliphatic hydroxyl groups is 5. The van der Waals surface area contributed by atoms with E-state index in [2.05, 4.69) is 31.4 Å². The summed E-state index contributed by atoms with van der Waals surface area (Å²) in [4.78, 5) is 25.0. The number of hydrogen-bond donors (Lipinski definition) is 7. The van der Waals surface area contributed by atoms with Crippen LogP contribution in [0.4, 0.5) is 0 Å². The number of ether oxygens (including phenoxy) is 2. The van der Waals surface area contributed by atoms with Crippen LogP contribution < -0.4 is 10.6 Å². The van der Waals surface area contributed by atoms with Gasteiger partial charge in [0.05, 0.1) is 25.4 Å². The third-order valence-corrected chi connectivity index (χ3v) is 12.1. The summed E-state index contributed by atoms with van der Waals surface area (Å²) < 4.78 is 11.6. The first-order valence-corrected chi connectivity index (χ1v) is 24.7. The van der Waals surface area contributed by atoms with Crippen LogP contribution in [-0.4, -0.2) is 99.5 Å². The van der Waals surface area contributed by atoms with E-state index in [4.69, 9.17) is 9.47 Å². The Morgan fingerprint density at radius 2 is 1.05 bits per heavy atom. The molecule has 59 heavy (non-hydrogen) atoms. The Kier molecular flexibility index (Phi) is 35.1. The van der Waals surface area contributed by atoms with Crippen molar-refractivity contribution >= 4 is 11.8 Å². The molecule has 1 fully saturated rings. The molecule has 1 rings (SSSR count). The zero-order chi connectivity index (χ0) is 43.5. The van der Waals surface area contributed by atoms with Gasteiger partial charge in [-0.2, -0.15) is 0 Å². The second-order valence-electron chi connectivity index (χ2n) is 18.3. The first-order chi connectivity index (χ1) is 28.5. The molecule has 1 heterocycles. The molecule has 0 spiro atoms. The van der Waals surface area contributed by atoms with Gasteiger partial charge in [-0.15, -0.1) is 0 Å². The molecule has 7 N–H and O–H groups in total. The zero-order valence-electron chi connectivity index (χ0n) is 38.4. The fourth-order valence-electron chi connectivity index (χ4n) is 8.26. The number of carbonyl (C=O) groups excluding carboxylic acids is 2. The van der Waals surface area contributed by atoms with Crippen LogP contribution in [0.3, 0.4) is 0 Å². The fourth-order valence-corrected chi connectivity index (χ4v) is 8.26. The van der Waals surface area contributed by atoms with E-state index >= 15 is 0 Å². The van der Waals surface area contributed by atoms with Crippen molar-refractivity contribution in [2.45, 2.75) is 276 Å². The number of amides is 2. The number of aliphatic hydroxyl groups excluding tert-OH is 5. The molecule has 0 unspecified atom stereocenters. The standard InChI is InChI=1S/C48H94N2O9/c1-5-6-7-8-9-10-11-12-13-14-15-16-17-18-19-23-26-29-32-35-43(54)50-40(37-58-48-44(49-39(4)52)47(57)46(56)42(36-51)59-48)45(55)41(53)34-31-28-25-22-20-21-24-27-30-33-38(2)3/h38,40-42,44-48,51,53,55-57H,5-37H2,1-4H3,(H,49,52)(H,50,54)/t40-,41+,42+,44+,45-,46+,47+,48+/m0/s1. The molecule has 1 aliphatic rings. The number of carbonyl (C=O) groups is 2. The van der Waals surface area contributed by atoms with Crippen molar-refractivity contribution in [3.63, 3.8) is 0 Å². The molecular weight excluding hydrogens is 749 g/mol. The predicted octanol–water partition coefficient (Wildman–Crippen LogP) is 8.92. The number of unbranched alkanes of at least 4 members (excludes halogenated alkanes) is 26. The molecule has 11 nitrogen and oxygen atoms in total. The largest absolute Gasteiger partial charge is 0.394 e. The SMILES string of the molecule is CCCCCCCCCCCCCCCCCCCCCC(=O)N[C@@H](CO[C@@H]1O[C@H](CO)[C@@H](O)[C@H](O)[C@H]1NC(C)=O)[C@H](O)[C@H](O)CCCCCCCCCCCC(C)C. The van der Waals surface area contributed by atoms with Crippen LogP contribution >= 0.6 is 0 Å². The average Bonchev–Trinajstić information content (AvgIpc) is 3.21. The predicted molar refractivity (Wildman–Crippen MR) is 239 cm³/mol. The fraction of sp³-hybridized carbons (Fsp3) is 0.958. The Hall–Kier alpha value is -1.34. The minimum Gasteiger partial charge on any atom is -0.394 e. The van der Waals surface area contributed by atoms with E-state index in [1.54, 1.807) is 0 Å². The van der Waals surface area contributed by atoms with E-state index in [-0.39, 0.29) is 18.9 Å². The summed E-state index contributed by atoms with van der Waals surface area (Å²) in [6.45, 7) is 7.19.